The van der Waals surface area contributed by atoms with Crippen molar-refractivity contribution >= 4 is 5.97 Å². The summed E-state index contributed by atoms with van der Waals surface area (Å²) in [5.41, 5.74) is -0.272. The number of aryl methyl sites for hydroxylation is 1. The zero-order chi connectivity index (χ0) is 11.3. The molecular formula is C10H12FNO3. The number of hydrogen-bond acceptors (Lipinski definition) is 2. The van der Waals surface area contributed by atoms with Crippen molar-refractivity contribution in [1.82, 2.24) is 4.57 Å². The first-order valence-corrected chi connectivity index (χ1v) is 4.67. The predicted molar refractivity (Wildman–Crippen MR) is 52.1 cm³/mol. The fraction of sp³-hybridized carbons (Fsp3) is 0.400. The molecule has 0 unspecified atom stereocenters. The molecule has 1 aromatic heterocycles. The van der Waals surface area contributed by atoms with Gasteiger partial charge in [0.05, 0.1) is 0 Å². The first kappa shape index (κ1) is 11.4. The summed E-state index contributed by atoms with van der Waals surface area (Å²) in [4.78, 5) is 21.4. The van der Waals surface area contributed by atoms with Gasteiger partial charge in [0.2, 0.25) is 0 Å². The minimum absolute atomic E-state index is 0.0735. The highest BCUT2D eigenvalue weighted by Gasteiger charge is 2.00. The summed E-state index contributed by atoms with van der Waals surface area (Å²) in [5.74, 6) is -1.32. The molecule has 0 aliphatic rings. The van der Waals surface area contributed by atoms with Gasteiger partial charge in [0.15, 0.2) is 0 Å². The molecule has 0 fully saturated rings. The Kier molecular flexibility index (Phi) is 4.03. The van der Waals surface area contributed by atoms with Crippen molar-refractivity contribution in [3.63, 3.8) is 0 Å². The quantitative estimate of drug-likeness (QED) is 0.748. The monoisotopic (exact) mass is 213 g/mol. The number of unbranched alkanes of at least 4 members (excludes halogenated alkanes) is 1. The molecule has 0 saturated carbocycles. The number of halogens is 1. The van der Waals surface area contributed by atoms with Crippen LogP contribution in [0.25, 0.3) is 0 Å². The summed E-state index contributed by atoms with van der Waals surface area (Å²) in [7, 11) is 0. The third-order valence-corrected chi connectivity index (χ3v) is 1.99. The van der Waals surface area contributed by atoms with E-state index in [2.05, 4.69) is 0 Å². The molecule has 4 nitrogen and oxygen atoms in total. The van der Waals surface area contributed by atoms with Crippen LogP contribution in [0.3, 0.4) is 0 Å². The molecule has 0 bridgehead atoms. The van der Waals surface area contributed by atoms with Crippen LogP contribution in [-0.2, 0) is 11.3 Å². The van der Waals surface area contributed by atoms with Crippen LogP contribution in [0.4, 0.5) is 4.39 Å². The van der Waals surface area contributed by atoms with Gasteiger partial charge in [-0.2, -0.15) is 0 Å². The lowest BCUT2D eigenvalue weighted by Crippen LogP contribution is -2.18. The number of carboxylic acid groups (broad SMARTS) is 1. The molecule has 0 saturated heterocycles. The molecule has 1 heterocycles. The molecule has 0 aliphatic carbocycles. The SMILES string of the molecule is O=C(O)CCCCn1cc(F)ccc1=O. The van der Waals surface area contributed by atoms with Crippen LogP contribution >= 0.6 is 0 Å². The molecule has 0 aromatic carbocycles. The van der Waals surface area contributed by atoms with Crippen molar-refractivity contribution in [2.24, 2.45) is 0 Å². The Hall–Kier alpha value is -1.65. The summed E-state index contributed by atoms with van der Waals surface area (Å²) in [6.07, 6.45) is 2.24. The summed E-state index contributed by atoms with van der Waals surface area (Å²) in [5, 5.41) is 8.38. The average molecular weight is 213 g/mol. The summed E-state index contributed by atoms with van der Waals surface area (Å²) in [6, 6.07) is 2.27. The molecule has 82 valence electrons. The molecule has 5 heteroatoms. The Labute approximate surface area is 86.0 Å². The molecular weight excluding hydrogens is 201 g/mol. The molecule has 1 rings (SSSR count). The van der Waals surface area contributed by atoms with Gasteiger partial charge in [0.25, 0.3) is 5.56 Å². The van der Waals surface area contributed by atoms with Gasteiger partial charge >= 0.3 is 5.97 Å². The number of rotatable bonds is 5. The summed E-state index contributed by atoms with van der Waals surface area (Å²) < 4.78 is 14.0. The Bertz CT molecular complexity index is 400. The standard InChI is InChI=1S/C10H12FNO3/c11-8-4-5-9(13)12(7-8)6-2-1-3-10(14)15/h4-5,7H,1-3,6H2,(H,14,15). The third-order valence-electron chi connectivity index (χ3n) is 1.99. The smallest absolute Gasteiger partial charge is 0.303 e. The first-order valence-electron chi connectivity index (χ1n) is 4.67. The number of carbonyl (C=O) groups is 1. The molecule has 1 N–H and O–H groups in total. The van der Waals surface area contributed by atoms with E-state index >= 15 is 0 Å². The van der Waals surface area contributed by atoms with Crippen LogP contribution in [0, 0.1) is 5.82 Å². The van der Waals surface area contributed by atoms with Crippen molar-refractivity contribution in [3.05, 3.63) is 34.5 Å². The fourth-order valence-electron chi connectivity index (χ4n) is 1.24. The van der Waals surface area contributed by atoms with Crippen LogP contribution in [-0.4, -0.2) is 15.6 Å². The highest BCUT2D eigenvalue weighted by Crippen LogP contribution is 1.99. The molecule has 1 aromatic rings. The second kappa shape index (κ2) is 5.29. The van der Waals surface area contributed by atoms with Crippen molar-refractivity contribution in [3.8, 4) is 0 Å². The van der Waals surface area contributed by atoms with E-state index in [1.165, 1.54) is 4.57 Å². The van der Waals surface area contributed by atoms with Crippen LogP contribution in [0.15, 0.2) is 23.1 Å². The maximum Gasteiger partial charge on any atom is 0.303 e. The van der Waals surface area contributed by atoms with Crippen LogP contribution in [0.5, 0.6) is 0 Å². The minimum atomic E-state index is -0.860. The number of pyridine rings is 1. The molecule has 0 radical (unpaired) electrons. The van der Waals surface area contributed by atoms with Crippen LogP contribution in [0.1, 0.15) is 19.3 Å². The van der Waals surface area contributed by atoms with E-state index in [0.29, 0.717) is 19.4 Å². The number of carboxylic acids is 1. The maximum absolute atomic E-state index is 12.7. The summed E-state index contributed by atoms with van der Waals surface area (Å²) in [6.45, 7) is 0.351. The van der Waals surface area contributed by atoms with Crippen molar-refractivity contribution in [2.75, 3.05) is 0 Å². The highest BCUT2D eigenvalue weighted by atomic mass is 19.1. The molecule has 0 atom stereocenters. The van der Waals surface area contributed by atoms with Gasteiger partial charge in [-0.3, -0.25) is 9.59 Å². The minimum Gasteiger partial charge on any atom is -0.481 e. The zero-order valence-electron chi connectivity index (χ0n) is 8.15. The van der Waals surface area contributed by atoms with Gasteiger partial charge in [-0.05, 0) is 18.9 Å². The van der Waals surface area contributed by atoms with E-state index in [1.54, 1.807) is 0 Å². The highest BCUT2D eigenvalue weighted by molar-refractivity contribution is 5.66. The predicted octanol–water partition coefficient (Wildman–Crippen LogP) is 1.24. The number of nitrogens with zero attached hydrogens (tertiary/aromatic N) is 1. The second-order valence-corrected chi connectivity index (χ2v) is 3.23. The second-order valence-electron chi connectivity index (χ2n) is 3.23. The van der Waals surface area contributed by atoms with E-state index in [-0.39, 0.29) is 12.0 Å². The molecule has 0 amide bonds. The zero-order valence-corrected chi connectivity index (χ0v) is 8.15. The van der Waals surface area contributed by atoms with Gasteiger partial charge in [-0.15, -0.1) is 0 Å². The molecule has 15 heavy (non-hydrogen) atoms. The first-order chi connectivity index (χ1) is 7.09. The average Bonchev–Trinajstić information content (AvgIpc) is 2.17. The van der Waals surface area contributed by atoms with Gasteiger partial charge in [-0.1, -0.05) is 0 Å². The number of aromatic nitrogens is 1. The third kappa shape index (κ3) is 3.93. The topological polar surface area (TPSA) is 59.3 Å². The van der Waals surface area contributed by atoms with E-state index in [0.717, 1.165) is 18.3 Å². The number of hydrogen-bond donors (Lipinski definition) is 1. The maximum atomic E-state index is 12.7. The van der Waals surface area contributed by atoms with Crippen LogP contribution < -0.4 is 5.56 Å². The van der Waals surface area contributed by atoms with Gasteiger partial charge in [0, 0.05) is 25.2 Å². The lowest BCUT2D eigenvalue weighted by Gasteiger charge is -2.03. The van der Waals surface area contributed by atoms with Gasteiger partial charge in [0.1, 0.15) is 5.82 Å². The van der Waals surface area contributed by atoms with Gasteiger partial charge in [-0.25, -0.2) is 4.39 Å². The Balaban J connectivity index is 2.47. The van der Waals surface area contributed by atoms with E-state index < -0.39 is 11.8 Å². The van der Waals surface area contributed by atoms with E-state index in [9.17, 15) is 14.0 Å². The van der Waals surface area contributed by atoms with Crippen molar-refractivity contribution in [2.45, 2.75) is 25.8 Å². The number of aliphatic carboxylic acids is 1. The Morgan fingerprint density at radius 2 is 2.13 bits per heavy atom. The van der Waals surface area contributed by atoms with E-state index in [1.807, 2.05) is 0 Å². The lowest BCUT2D eigenvalue weighted by atomic mass is 10.2. The Morgan fingerprint density at radius 3 is 2.80 bits per heavy atom. The normalized spacial score (nSPS) is 10.2. The molecule has 0 spiro atoms. The van der Waals surface area contributed by atoms with Gasteiger partial charge < -0.3 is 9.67 Å². The fourth-order valence-corrected chi connectivity index (χ4v) is 1.24. The van der Waals surface area contributed by atoms with E-state index in [4.69, 9.17) is 5.11 Å². The van der Waals surface area contributed by atoms with Crippen molar-refractivity contribution < 1.29 is 14.3 Å². The van der Waals surface area contributed by atoms with Crippen molar-refractivity contribution in [1.29, 1.82) is 0 Å². The Morgan fingerprint density at radius 1 is 1.40 bits per heavy atom. The summed E-state index contributed by atoms with van der Waals surface area (Å²) >= 11 is 0. The lowest BCUT2D eigenvalue weighted by molar-refractivity contribution is -0.137. The largest absolute Gasteiger partial charge is 0.481 e. The molecule has 0 aliphatic heterocycles. The van der Waals surface area contributed by atoms with Crippen LogP contribution in [0.2, 0.25) is 0 Å².